The van der Waals surface area contributed by atoms with Crippen LogP contribution < -0.4 is 25.4 Å². The molecule has 2 aromatic rings. The van der Waals surface area contributed by atoms with Gasteiger partial charge in [0.05, 0.1) is 11.8 Å². The Bertz CT molecular complexity index is 1920. The number of hydrogen-bond acceptors (Lipinski definition) is 11. The lowest BCUT2D eigenvalue weighted by Crippen LogP contribution is -2.60. The first-order valence-corrected chi connectivity index (χ1v) is 20.9. The highest BCUT2D eigenvalue weighted by atomic mass is 32.2. The van der Waals surface area contributed by atoms with Gasteiger partial charge in [0.25, 0.3) is 5.91 Å². The zero-order chi connectivity index (χ0) is 39.1. The van der Waals surface area contributed by atoms with E-state index in [1.54, 1.807) is 6.07 Å². The lowest BCUT2D eigenvalue weighted by molar-refractivity contribution is -0.143. The number of rotatable bonds is 14. The molecule has 5 fully saturated rings. The number of nitrogens with one attached hydrogen (secondary N) is 4. The van der Waals surface area contributed by atoms with Crippen LogP contribution in [0.5, 0.6) is 5.88 Å². The van der Waals surface area contributed by atoms with E-state index in [2.05, 4.69) is 27.3 Å². The number of amides is 4. The van der Waals surface area contributed by atoms with E-state index in [-0.39, 0.29) is 31.4 Å². The summed E-state index contributed by atoms with van der Waals surface area (Å²) < 4.78 is 39.8. The highest BCUT2D eigenvalue weighted by Gasteiger charge is 2.62. The molecule has 4 amide bonds. The average molecular weight is 778 g/mol. The van der Waals surface area contributed by atoms with Crippen molar-refractivity contribution in [3.63, 3.8) is 0 Å². The molecule has 5 atom stereocenters. The van der Waals surface area contributed by atoms with Gasteiger partial charge in [0, 0.05) is 30.0 Å². The minimum absolute atomic E-state index is 0.0217. The van der Waals surface area contributed by atoms with Gasteiger partial charge in [0.15, 0.2) is 5.82 Å². The van der Waals surface area contributed by atoms with E-state index in [0.29, 0.717) is 30.5 Å². The first-order valence-electron chi connectivity index (χ1n) is 19.3. The number of likely N-dealkylation sites (tertiary alicyclic amines) is 1. The molecule has 2 heterocycles. The van der Waals surface area contributed by atoms with Crippen molar-refractivity contribution < 1.29 is 37.1 Å². The SMILES string of the molecule is C=C[C@@H]1C[C@]1(NC(=O)[C@@H]1C[C@@H](Oc2cc(NC3CC3)nc(-c3ccccc3)n2)CN1C(=O)[C@@H](NC(=O)OC1CCCC1)C(C)(C)C)C(=O)NS(=O)(=O)C1CC1. The van der Waals surface area contributed by atoms with E-state index < -0.39 is 74.1 Å². The first kappa shape index (κ1) is 38.5. The van der Waals surface area contributed by atoms with Gasteiger partial charge >= 0.3 is 6.09 Å². The number of nitrogens with zero attached hydrogens (tertiary/aromatic N) is 3. The first-order chi connectivity index (χ1) is 26.1. The molecule has 4 aliphatic carbocycles. The summed E-state index contributed by atoms with van der Waals surface area (Å²) in [6, 6.07) is 9.22. The number of aromatic nitrogens is 2. The van der Waals surface area contributed by atoms with Gasteiger partial charge in [-0.1, -0.05) is 57.2 Å². The molecule has 7 rings (SSSR count). The van der Waals surface area contributed by atoms with Gasteiger partial charge in [-0.25, -0.2) is 18.2 Å². The number of sulfonamides is 1. The smallest absolute Gasteiger partial charge is 0.408 e. The number of alkyl carbamates (subject to hydrolysis) is 1. The molecule has 1 saturated heterocycles. The van der Waals surface area contributed by atoms with Gasteiger partial charge in [-0.3, -0.25) is 19.1 Å². The van der Waals surface area contributed by atoms with Crippen LogP contribution in [0.25, 0.3) is 11.4 Å². The third kappa shape index (κ3) is 8.89. The van der Waals surface area contributed by atoms with Crippen molar-refractivity contribution >= 4 is 39.7 Å². The number of anilines is 1. The normalized spacial score (nSPS) is 25.7. The molecule has 4 saturated carbocycles. The molecule has 296 valence electrons. The van der Waals surface area contributed by atoms with Crippen molar-refractivity contribution in [2.24, 2.45) is 11.3 Å². The van der Waals surface area contributed by atoms with Crippen molar-refractivity contribution in [3.8, 4) is 17.3 Å². The second-order valence-electron chi connectivity index (χ2n) is 16.6. The standard InChI is InChI=1S/C39H51N7O8S/c1-5-24-21-39(24,36(49)45-55(51,52)28-17-18-28)44-34(47)29-19-27(22-46(29)35(48)32(38(2,3)4)43-37(50)54-26-13-9-10-14-26)53-31-20-30(40-25-15-16-25)41-33(42-31)23-11-7-6-8-12-23/h5-8,11-12,20,24-29,32H,1,9-10,13-19,21-22H2,2-4H3,(H,43,50)(H,44,47)(H,45,49)(H,40,41,42)/t24-,27-,29+,32-,39-/m1/s1. The second-order valence-corrected chi connectivity index (χ2v) is 18.6. The Morgan fingerprint density at radius 2 is 1.71 bits per heavy atom. The van der Waals surface area contributed by atoms with Gasteiger partial charge in [-0.2, -0.15) is 4.98 Å². The molecule has 1 aliphatic heterocycles. The summed E-state index contributed by atoms with van der Waals surface area (Å²) in [5.41, 5.74) is -1.57. The molecule has 5 aliphatic rings. The molecule has 16 heteroatoms. The lowest BCUT2D eigenvalue weighted by Gasteiger charge is -2.35. The van der Waals surface area contributed by atoms with Crippen molar-refractivity contribution in [1.82, 2.24) is 30.2 Å². The van der Waals surface area contributed by atoms with Crippen LogP contribution in [-0.2, 0) is 29.1 Å². The van der Waals surface area contributed by atoms with Crippen LogP contribution in [0.2, 0.25) is 0 Å². The Kier molecular flexibility index (Phi) is 10.6. The number of benzene rings is 1. The summed E-state index contributed by atoms with van der Waals surface area (Å²) in [5.74, 6) is -1.27. The van der Waals surface area contributed by atoms with Crippen LogP contribution in [0.15, 0.2) is 49.1 Å². The summed E-state index contributed by atoms with van der Waals surface area (Å²) in [5, 5.41) is 8.35. The lowest BCUT2D eigenvalue weighted by atomic mass is 9.85. The van der Waals surface area contributed by atoms with Gasteiger partial charge in [-0.05, 0) is 63.2 Å². The fourth-order valence-corrected chi connectivity index (χ4v) is 8.77. The van der Waals surface area contributed by atoms with E-state index in [0.717, 1.165) is 44.1 Å². The molecule has 4 N–H and O–H groups in total. The van der Waals surface area contributed by atoms with E-state index in [4.69, 9.17) is 19.4 Å². The third-order valence-corrected chi connectivity index (χ3v) is 12.8. The maximum Gasteiger partial charge on any atom is 0.408 e. The second kappa shape index (κ2) is 15.1. The van der Waals surface area contributed by atoms with Crippen LogP contribution in [0.4, 0.5) is 10.6 Å². The van der Waals surface area contributed by atoms with Crippen LogP contribution >= 0.6 is 0 Å². The summed E-state index contributed by atoms with van der Waals surface area (Å²) in [7, 11) is -3.90. The molecule has 0 spiro atoms. The Morgan fingerprint density at radius 1 is 1.00 bits per heavy atom. The van der Waals surface area contributed by atoms with Crippen LogP contribution in [0.1, 0.15) is 85.0 Å². The van der Waals surface area contributed by atoms with E-state index in [1.807, 2.05) is 51.1 Å². The van der Waals surface area contributed by atoms with Crippen LogP contribution in [0.3, 0.4) is 0 Å². The Morgan fingerprint density at radius 3 is 2.33 bits per heavy atom. The Hall–Kier alpha value is -4.73. The van der Waals surface area contributed by atoms with E-state index in [1.165, 1.54) is 11.0 Å². The fourth-order valence-electron chi connectivity index (χ4n) is 7.40. The minimum atomic E-state index is -3.90. The van der Waals surface area contributed by atoms with Crippen LogP contribution in [-0.4, -0.2) is 94.8 Å². The highest BCUT2D eigenvalue weighted by molar-refractivity contribution is 7.91. The molecular weight excluding hydrogens is 727 g/mol. The van der Waals surface area contributed by atoms with Gasteiger partial charge in [0.2, 0.25) is 27.7 Å². The Labute approximate surface area is 321 Å². The number of hydrogen-bond donors (Lipinski definition) is 4. The number of carbonyl (C=O) groups is 4. The fraction of sp³-hybridized carbons (Fsp3) is 0.590. The monoisotopic (exact) mass is 777 g/mol. The molecule has 15 nitrogen and oxygen atoms in total. The molecule has 55 heavy (non-hydrogen) atoms. The molecule has 1 aromatic carbocycles. The zero-order valence-electron chi connectivity index (χ0n) is 31.6. The largest absolute Gasteiger partial charge is 0.472 e. The zero-order valence-corrected chi connectivity index (χ0v) is 32.4. The highest BCUT2D eigenvalue weighted by Crippen LogP contribution is 2.45. The summed E-state index contributed by atoms with van der Waals surface area (Å²) in [4.78, 5) is 66.4. The maximum absolute atomic E-state index is 14.6. The van der Waals surface area contributed by atoms with Gasteiger partial charge in [-0.15, -0.1) is 6.58 Å². The Balaban J connectivity index is 1.16. The van der Waals surface area contributed by atoms with Gasteiger partial charge < -0.3 is 30.3 Å². The molecule has 1 aromatic heterocycles. The van der Waals surface area contributed by atoms with Crippen molar-refractivity contribution in [3.05, 3.63) is 49.1 Å². The molecular formula is C39H51N7O8S. The van der Waals surface area contributed by atoms with Gasteiger partial charge in [0.1, 0.15) is 35.6 Å². The molecule has 0 unspecified atom stereocenters. The average Bonchev–Trinajstić information content (AvgIpc) is 4.09. The van der Waals surface area contributed by atoms with Crippen molar-refractivity contribution in [2.75, 3.05) is 11.9 Å². The van der Waals surface area contributed by atoms with Crippen LogP contribution in [0, 0.1) is 11.3 Å². The maximum atomic E-state index is 14.6. The van der Waals surface area contributed by atoms with Crippen molar-refractivity contribution in [2.45, 2.75) is 126 Å². The van der Waals surface area contributed by atoms with Crippen molar-refractivity contribution in [1.29, 1.82) is 0 Å². The molecule has 0 radical (unpaired) electrons. The summed E-state index contributed by atoms with van der Waals surface area (Å²) >= 11 is 0. The number of carbonyl (C=O) groups excluding carboxylic acids is 4. The summed E-state index contributed by atoms with van der Waals surface area (Å²) in [6.07, 6.45) is 6.40. The predicted octanol–water partition coefficient (Wildman–Crippen LogP) is 3.82. The summed E-state index contributed by atoms with van der Waals surface area (Å²) in [6.45, 7) is 9.17. The molecule has 0 bridgehead atoms. The predicted molar refractivity (Wildman–Crippen MR) is 203 cm³/mol. The minimum Gasteiger partial charge on any atom is -0.472 e. The topological polar surface area (TPSA) is 198 Å². The van der Waals surface area contributed by atoms with E-state index >= 15 is 0 Å². The quantitative estimate of drug-likeness (QED) is 0.204. The van der Waals surface area contributed by atoms with E-state index in [9.17, 15) is 27.6 Å². The number of ether oxygens (including phenoxy) is 2. The third-order valence-electron chi connectivity index (χ3n) is 11.0.